The number of nitrogens with one attached hydrogen (secondary N) is 2. The summed E-state index contributed by atoms with van der Waals surface area (Å²) in [6, 6.07) is 9.95. The SMILES string of the molecule is CCCNC(=O)NCc1cc(C)n(-c2ccc(OC)cc2)c1C. The van der Waals surface area contributed by atoms with Crippen molar-refractivity contribution in [2.45, 2.75) is 33.7 Å². The monoisotopic (exact) mass is 315 g/mol. The minimum Gasteiger partial charge on any atom is -0.497 e. The van der Waals surface area contributed by atoms with Gasteiger partial charge in [0, 0.05) is 30.2 Å². The average Bonchev–Trinajstić information content (AvgIpc) is 2.85. The average molecular weight is 315 g/mol. The Morgan fingerprint density at radius 2 is 1.87 bits per heavy atom. The van der Waals surface area contributed by atoms with Gasteiger partial charge in [-0.2, -0.15) is 0 Å². The molecule has 2 amide bonds. The molecule has 0 spiro atoms. The van der Waals surface area contributed by atoms with E-state index in [1.54, 1.807) is 7.11 Å². The number of carbonyl (C=O) groups is 1. The number of benzene rings is 1. The number of ether oxygens (including phenoxy) is 1. The molecular weight excluding hydrogens is 290 g/mol. The van der Waals surface area contributed by atoms with Gasteiger partial charge in [0.15, 0.2) is 0 Å². The van der Waals surface area contributed by atoms with E-state index >= 15 is 0 Å². The first-order valence-electron chi connectivity index (χ1n) is 7.90. The molecule has 0 atom stereocenters. The minimum atomic E-state index is -0.124. The highest BCUT2D eigenvalue weighted by Crippen LogP contribution is 2.22. The van der Waals surface area contributed by atoms with E-state index in [1.807, 2.05) is 31.2 Å². The van der Waals surface area contributed by atoms with Gasteiger partial charge < -0.3 is 19.9 Å². The molecule has 2 rings (SSSR count). The Balaban J connectivity index is 2.13. The molecule has 1 aromatic heterocycles. The van der Waals surface area contributed by atoms with Crippen molar-refractivity contribution in [2.24, 2.45) is 0 Å². The quantitative estimate of drug-likeness (QED) is 0.859. The van der Waals surface area contributed by atoms with Gasteiger partial charge in [-0.05, 0) is 56.2 Å². The van der Waals surface area contributed by atoms with Crippen molar-refractivity contribution in [1.29, 1.82) is 0 Å². The first-order valence-corrected chi connectivity index (χ1v) is 7.90. The second-order valence-electron chi connectivity index (χ2n) is 5.54. The normalized spacial score (nSPS) is 10.4. The molecule has 0 saturated heterocycles. The maximum Gasteiger partial charge on any atom is 0.315 e. The number of nitrogens with zero attached hydrogens (tertiary/aromatic N) is 1. The predicted octanol–water partition coefficient (Wildman–Crippen LogP) is 3.31. The van der Waals surface area contributed by atoms with Gasteiger partial charge in [-0.25, -0.2) is 4.79 Å². The molecule has 1 aromatic carbocycles. The van der Waals surface area contributed by atoms with Crippen LogP contribution in [-0.4, -0.2) is 24.3 Å². The number of hydrogen-bond acceptors (Lipinski definition) is 2. The number of hydrogen-bond donors (Lipinski definition) is 2. The van der Waals surface area contributed by atoms with Crippen LogP contribution in [0.2, 0.25) is 0 Å². The van der Waals surface area contributed by atoms with E-state index in [0.717, 1.165) is 34.8 Å². The van der Waals surface area contributed by atoms with Crippen LogP contribution in [0.4, 0.5) is 4.79 Å². The summed E-state index contributed by atoms with van der Waals surface area (Å²) in [7, 11) is 1.66. The van der Waals surface area contributed by atoms with Crippen molar-refractivity contribution in [2.75, 3.05) is 13.7 Å². The van der Waals surface area contributed by atoms with Crippen molar-refractivity contribution in [3.8, 4) is 11.4 Å². The van der Waals surface area contributed by atoms with Gasteiger partial charge in [-0.3, -0.25) is 0 Å². The molecule has 0 aliphatic heterocycles. The molecule has 0 aliphatic carbocycles. The third kappa shape index (κ3) is 4.06. The van der Waals surface area contributed by atoms with Crippen molar-refractivity contribution >= 4 is 6.03 Å². The van der Waals surface area contributed by atoms with Crippen LogP contribution in [0.3, 0.4) is 0 Å². The van der Waals surface area contributed by atoms with Crippen LogP contribution in [0.25, 0.3) is 5.69 Å². The van der Waals surface area contributed by atoms with Gasteiger partial charge in [0.05, 0.1) is 7.11 Å². The van der Waals surface area contributed by atoms with E-state index in [9.17, 15) is 4.79 Å². The highest BCUT2D eigenvalue weighted by molar-refractivity contribution is 5.73. The fourth-order valence-electron chi connectivity index (χ4n) is 2.61. The summed E-state index contributed by atoms with van der Waals surface area (Å²) < 4.78 is 7.39. The zero-order valence-corrected chi connectivity index (χ0v) is 14.3. The van der Waals surface area contributed by atoms with Crippen molar-refractivity contribution < 1.29 is 9.53 Å². The maximum absolute atomic E-state index is 11.7. The molecule has 2 N–H and O–H groups in total. The van der Waals surface area contributed by atoms with Crippen LogP contribution >= 0.6 is 0 Å². The van der Waals surface area contributed by atoms with Crippen LogP contribution < -0.4 is 15.4 Å². The van der Waals surface area contributed by atoms with Gasteiger partial charge in [0.2, 0.25) is 0 Å². The second-order valence-corrected chi connectivity index (χ2v) is 5.54. The molecule has 23 heavy (non-hydrogen) atoms. The third-order valence-corrected chi connectivity index (χ3v) is 3.84. The third-order valence-electron chi connectivity index (χ3n) is 3.84. The first-order chi connectivity index (χ1) is 11.1. The molecule has 0 radical (unpaired) electrons. The maximum atomic E-state index is 11.7. The highest BCUT2D eigenvalue weighted by atomic mass is 16.5. The largest absolute Gasteiger partial charge is 0.497 e. The zero-order valence-electron chi connectivity index (χ0n) is 14.3. The Labute approximate surface area is 137 Å². The minimum absolute atomic E-state index is 0.124. The Morgan fingerprint density at radius 1 is 1.17 bits per heavy atom. The lowest BCUT2D eigenvalue weighted by Crippen LogP contribution is -2.35. The van der Waals surface area contributed by atoms with E-state index in [2.05, 4.69) is 35.1 Å². The number of amides is 2. The van der Waals surface area contributed by atoms with Crippen LogP contribution in [0.5, 0.6) is 5.75 Å². The van der Waals surface area contributed by atoms with Gasteiger partial charge in [0.25, 0.3) is 0 Å². The molecule has 5 nitrogen and oxygen atoms in total. The van der Waals surface area contributed by atoms with Crippen LogP contribution in [-0.2, 0) is 6.54 Å². The summed E-state index contributed by atoms with van der Waals surface area (Å²) in [5.74, 6) is 0.839. The Bertz CT molecular complexity index is 660. The van der Waals surface area contributed by atoms with Crippen LogP contribution in [0.15, 0.2) is 30.3 Å². The number of methoxy groups -OCH3 is 1. The van der Waals surface area contributed by atoms with Gasteiger partial charge in [-0.1, -0.05) is 6.92 Å². The predicted molar refractivity (Wildman–Crippen MR) is 92.3 cm³/mol. The summed E-state index contributed by atoms with van der Waals surface area (Å²) in [6.07, 6.45) is 0.930. The number of rotatable bonds is 6. The molecule has 0 unspecified atom stereocenters. The molecule has 0 aliphatic rings. The van der Waals surface area contributed by atoms with Crippen LogP contribution in [0, 0.1) is 13.8 Å². The summed E-state index contributed by atoms with van der Waals surface area (Å²) in [4.78, 5) is 11.7. The van der Waals surface area contributed by atoms with E-state index in [-0.39, 0.29) is 6.03 Å². The second kappa shape index (κ2) is 7.72. The molecule has 124 valence electrons. The zero-order chi connectivity index (χ0) is 16.8. The fraction of sp³-hybridized carbons (Fsp3) is 0.389. The molecule has 0 saturated carbocycles. The summed E-state index contributed by atoms with van der Waals surface area (Å²) >= 11 is 0. The lowest BCUT2D eigenvalue weighted by atomic mass is 10.2. The Hall–Kier alpha value is -2.43. The van der Waals surface area contributed by atoms with Crippen molar-refractivity contribution in [3.05, 3.63) is 47.3 Å². The molecule has 1 heterocycles. The van der Waals surface area contributed by atoms with Crippen LogP contribution in [0.1, 0.15) is 30.3 Å². The molecule has 0 fully saturated rings. The standard InChI is InChI=1S/C18H25N3O2/c1-5-10-19-18(22)20-12-15-11-13(2)21(14(15)3)16-6-8-17(23-4)9-7-16/h6-9,11H,5,10,12H2,1-4H3,(H2,19,20,22). The van der Waals surface area contributed by atoms with Crippen molar-refractivity contribution in [1.82, 2.24) is 15.2 Å². The van der Waals surface area contributed by atoms with Gasteiger partial charge >= 0.3 is 6.03 Å². The molecule has 2 aromatic rings. The summed E-state index contributed by atoms with van der Waals surface area (Å²) in [6.45, 7) is 7.38. The molecular formula is C18H25N3O2. The lowest BCUT2D eigenvalue weighted by Gasteiger charge is -2.11. The van der Waals surface area contributed by atoms with Gasteiger partial charge in [-0.15, -0.1) is 0 Å². The van der Waals surface area contributed by atoms with Crippen molar-refractivity contribution in [3.63, 3.8) is 0 Å². The number of aryl methyl sites for hydroxylation is 1. The topological polar surface area (TPSA) is 55.3 Å². The summed E-state index contributed by atoms with van der Waals surface area (Å²) in [5, 5.41) is 5.72. The van der Waals surface area contributed by atoms with E-state index in [1.165, 1.54) is 0 Å². The molecule has 5 heteroatoms. The Morgan fingerprint density at radius 3 is 2.48 bits per heavy atom. The highest BCUT2D eigenvalue weighted by Gasteiger charge is 2.11. The van der Waals surface area contributed by atoms with E-state index in [4.69, 9.17) is 4.74 Å². The number of carbonyl (C=O) groups excluding carboxylic acids is 1. The Kier molecular flexibility index (Phi) is 5.68. The number of aromatic nitrogens is 1. The molecule has 0 bridgehead atoms. The lowest BCUT2D eigenvalue weighted by molar-refractivity contribution is 0.240. The number of urea groups is 1. The summed E-state index contributed by atoms with van der Waals surface area (Å²) in [5.41, 5.74) is 4.47. The first kappa shape index (κ1) is 16.9. The van der Waals surface area contributed by atoms with Gasteiger partial charge in [0.1, 0.15) is 5.75 Å². The fourth-order valence-corrected chi connectivity index (χ4v) is 2.61. The smallest absolute Gasteiger partial charge is 0.315 e. The van der Waals surface area contributed by atoms with E-state index < -0.39 is 0 Å². The van der Waals surface area contributed by atoms with E-state index in [0.29, 0.717) is 13.1 Å².